The highest BCUT2D eigenvalue weighted by atomic mass is 16.5. The van der Waals surface area contributed by atoms with Crippen LogP contribution in [0.3, 0.4) is 0 Å². The summed E-state index contributed by atoms with van der Waals surface area (Å²) in [5.41, 5.74) is 1.23. The first kappa shape index (κ1) is 14.5. The Morgan fingerprint density at radius 1 is 1.30 bits per heavy atom. The minimum Gasteiger partial charge on any atom is -0.381 e. The van der Waals surface area contributed by atoms with Crippen molar-refractivity contribution in [3.63, 3.8) is 0 Å². The molecule has 1 aliphatic heterocycles. The molecule has 0 bridgehead atoms. The van der Waals surface area contributed by atoms with Crippen molar-refractivity contribution in [3.05, 3.63) is 29.8 Å². The molecule has 1 heterocycles. The zero-order chi connectivity index (χ0) is 14.5. The van der Waals surface area contributed by atoms with E-state index in [1.54, 1.807) is 36.2 Å². The second kappa shape index (κ2) is 6.52. The van der Waals surface area contributed by atoms with E-state index in [4.69, 9.17) is 4.74 Å². The number of hydrogen-bond acceptors (Lipinski definition) is 3. The van der Waals surface area contributed by atoms with E-state index in [0.717, 1.165) is 12.8 Å². The van der Waals surface area contributed by atoms with Gasteiger partial charge in [-0.15, -0.1) is 0 Å². The van der Waals surface area contributed by atoms with E-state index in [2.05, 4.69) is 5.32 Å². The Morgan fingerprint density at radius 3 is 2.65 bits per heavy atom. The van der Waals surface area contributed by atoms with Gasteiger partial charge in [-0.1, -0.05) is 12.1 Å². The number of nitrogens with one attached hydrogen (secondary N) is 1. The molecule has 0 saturated carbocycles. The number of rotatable bonds is 3. The largest absolute Gasteiger partial charge is 0.381 e. The van der Waals surface area contributed by atoms with Crippen molar-refractivity contribution in [2.24, 2.45) is 0 Å². The Bertz CT molecular complexity index is 496. The lowest BCUT2D eigenvalue weighted by Gasteiger charge is -2.31. The number of nitrogens with zero attached hydrogens (tertiary/aromatic N) is 1. The maximum Gasteiger partial charge on any atom is 0.321 e. The number of carbonyl (C=O) groups excluding carboxylic acids is 2. The fraction of sp³-hybridized carbons (Fsp3) is 0.467. The Balaban J connectivity index is 1.99. The van der Waals surface area contributed by atoms with Crippen molar-refractivity contribution >= 4 is 17.5 Å². The predicted molar refractivity (Wildman–Crippen MR) is 77.1 cm³/mol. The SMILES string of the molecule is CC(=O)c1cccc(NC(=O)N(C)C2CCOCC2)c1. The molecule has 0 aromatic heterocycles. The van der Waals surface area contributed by atoms with Gasteiger partial charge in [0.05, 0.1) is 0 Å². The minimum atomic E-state index is -0.155. The molecule has 1 aromatic rings. The van der Waals surface area contributed by atoms with Crippen LogP contribution in [0.15, 0.2) is 24.3 Å². The number of carbonyl (C=O) groups is 2. The van der Waals surface area contributed by atoms with Crippen LogP contribution in [0.1, 0.15) is 30.1 Å². The number of ether oxygens (including phenoxy) is 1. The Morgan fingerprint density at radius 2 is 2.00 bits per heavy atom. The van der Waals surface area contributed by atoms with Gasteiger partial charge >= 0.3 is 6.03 Å². The molecule has 2 amide bonds. The van der Waals surface area contributed by atoms with E-state index in [9.17, 15) is 9.59 Å². The molecule has 1 N–H and O–H groups in total. The topological polar surface area (TPSA) is 58.6 Å². The van der Waals surface area contributed by atoms with Crippen LogP contribution in [0.25, 0.3) is 0 Å². The standard InChI is InChI=1S/C15H20N2O3/c1-11(18)12-4-3-5-13(10-12)16-15(19)17(2)14-6-8-20-9-7-14/h3-5,10,14H,6-9H2,1-2H3,(H,16,19). The van der Waals surface area contributed by atoms with E-state index in [1.807, 2.05) is 0 Å². The Labute approximate surface area is 118 Å². The van der Waals surface area contributed by atoms with Crippen LogP contribution < -0.4 is 5.32 Å². The normalized spacial score (nSPS) is 15.7. The second-order valence-electron chi connectivity index (χ2n) is 5.02. The summed E-state index contributed by atoms with van der Waals surface area (Å²) < 4.78 is 5.29. The molecule has 0 radical (unpaired) electrons. The van der Waals surface area contributed by atoms with Crippen molar-refractivity contribution in [2.45, 2.75) is 25.8 Å². The first-order chi connectivity index (χ1) is 9.58. The van der Waals surface area contributed by atoms with Gasteiger partial charge in [0.1, 0.15) is 0 Å². The molecule has 108 valence electrons. The van der Waals surface area contributed by atoms with Crippen molar-refractivity contribution in [1.29, 1.82) is 0 Å². The first-order valence-electron chi connectivity index (χ1n) is 6.80. The summed E-state index contributed by atoms with van der Waals surface area (Å²) in [6.45, 7) is 2.90. The van der Waals surface area contributed by atoms with E-state index in [-0.39, 0.29) is 17.9 Å². The van der Waals surface area contributed by atoms with Gasteiger partial charge in [0, 0.05) is 37.6 Å². The van der Waals surface area contributed by atoms with Crippen LogP contribution in [0.2, 0.25) is 0 Å². The molecule has 1 saturated heterocycles. The monoisotopic (exact) mass is 276 g/mol. The fourth-order valence-corrected chi connectivity index (χ4v) is 2.27. The lowest BCUT2D eigenvalue weighted by Crippen LogP contribution is -2.42. The maximum atomic E-state index is 12.2. The van der Waals surface area contributed by atoms with Gasteiger partial charge in [0.2, 0.25) is 0 Å². The van der Waals surface area contributed by atoms with Crippen molar-refractivity contribution in [3.8, 4) is 0 Å². The highest BCUT2D eigenvalue weighted by Crippen LogP contribution is 2.16. The number of Topliss-reactive ketones (excluding diaryl/α,β-unsaturated/α-hetero) is 1. The quantitative estimate of drug-likeness (QED) is 0.863. The zero-order valence-electron chi connectivity index (χ0n) is 11.9. The highest BCUT2D eigenvalue weighted by Gasteiger charge is 2.22. The van der Waals surface area contributed by atoms with Gasteiger partial charge in [-0.25, -0.2) is 4.79 Å². The lowest BCUT2D eigenvalue weighted by atomic mass is 10.1. The summed E-state index contributed by atoms with van der Waals surface area (Å²) in [5.74, 6) is -0.0149. The smallest absolute Gasteiger partial charge is 0.321 e. The molecule has 5 nitrogen and oxygen atoms in total. The van der Waals surface area contributed by atoms with E-state index in [0.29, 0.717) is 24.5 Å². The average Bonchev–Trinajstić information content (AvgIpc) is 2.47. The number of anilines is 1. The number of amides is 2. The Kier molecular flexibility index (Phi) is 4.74. The number of benzene rings is 1. The third-order valence-corrected chi connectivity index (χ3v) is 3.58. The number of urea groups is 1. The third-order valence-electron chi connectivity index (χ3n) is 3.58. The second-order valence-corrected chi connectivity index (χ2v) is 5.02. The molecule has 1 aromatic carbocycles. The summed E-state index contributed by atoms with van der Waals surface area (Å²) >= 11 is 0. The van der Waals surface area contributed by atoms with Gasteiger partial charge in [-0.05, 0) is 31.9 Å². The van der Waals surface area contributed by atoms with Crippen LogP contribution in [0.4, 0.5) is 10.5 Å². The summed E-state index contributed by atoms with van der Waals surface area (Å²) in [4.78, 5) is 25.2. The molecule has 0 spiro atoms. The molecule has 0 aliphatic carbocycles. The highest BCUT2D eigenvalue weighted by molar-refractivity contribution is 5.96. The summed E-state index contributed by atoms with van der Waals surface area (Å²) in [5, 5.41) is 2.83. The zero-order valence-corrected chi connectivity index (χ0v) is 11.9. The molecule has 2 rings (SSSR count). The van der Waals surface area contributed by atoms with E-state index in [1.165, 1.54) is 6.92 Å². The van der Waals surface area contributed by atoms with Crippen molar-refractivity contribution < 1.29 is 14.3 Å². The van der Waals surface area contributed by atoms with Gasteiger partial charge in [0.25, 0.3) is 0 Å². The van der Waals surface area contributed by atoms with E-state index < -0.39 is 0 Å². The average molecular weight is 276 g/mol. The summed E-state index contributed by atoms with van der Waals surface area (Å²) in [6, 6.07) is 7.03. The summed E-state index contributed by atoms with van der Waals surface area (Å²) in [6.07, 6.45) is 1.72. The first-order valence-corrected chi connectivity index (χ1v) is 6.80. The predicted octanol–water partition coefficient (Wildman–Crippen LogP) is 2.53. The lowest BCUT2D eigenvalue weighted by molar-refractivity contribution is 0.0544. The Hall–Kier alpha value is -1.88. The van der Waals surface area contributed by atoms with Gasteiger partial charge in [-0.2, -0.15) is 0 Å². The molecule has 1 fully saturated rings. The fourth-order valence-electron chi connectivity index (χ4n) is 2.27. The van der Waals surface area contributed by atoms with Gasteiger partial charge in [0.15, 0.2) is 5.78 Å². The molecule has 20 heavy (non-hydrogen) atoms. The van der Waals surface area contributed by atoms with Gasteiger partial charge in [-0.3, -0.25) is 4.79 Å². The maximum absolute atomic E-state index is 12.2. The molecule has 5 heteroatoms. The van der Waals surface area contributed by atoms with Crippen LogP contribution >= 0.6 is 0 Å². The molecule has 1 aliphatic rings. The molecule has 0 atom stereocenters. The van der Waals surface area contributed by atoms with Crippen molar-refractivity contribution in [1.82, 2.24) is 4.90 Å². The van der Waals surface area contributed by atoms with Crippen LogP contribution in [0.5, 0.6) is 0 Å². The van der Waals surface area contributed by atoms with Crippen LogP contribution in [-0.4, -0.2) is 43.0 Å². The molecule has 0 unspecified atom stereocenters. The third kappa shape index (κ3) is 3.57. The summed E-state index contributed by atoms with van der Waals surface area (Å²) in [7, 11) is 1.79. The van der Waals surface area contributed by atoms with Crippen LogP contribution in [-0.2, 0) is 4.74 Å². The van der Waals surface area contributed by atoms with Crippen LogP contribution in [0, 0.1) is 0 Å². The number of hydrogen-bond donors (Lipinski definition) is 1. The van der Waals surface area contributed by atoms with E-state index >= 15 is 0 Å². The van der Waals surface area contributed by atoms with Crippen molar-refractivity contribution in [2.75, 3.05) is 25.6 Å². The van der Waals surface area contributed by atoms with Gasteiger partial charge < -0.3 is 15.0 Å². The molecular weight excluding hydrogens is 256 g/mol. The molecular formula is C15H20N2O3. The number of ketones is 1. The minimum absolute atomic E-state index is 0.0149.